The molecule has 2 aliphatic rings. The molecule has 0 bridgehead atoms. The highest BCUT2D eigenvalue weighted by molar-refractivity contribution is 6.14. The van der Waals surface area contributed by atoms with Crippen LogP contribution in [-0.2, 0) is 0 Å². The number of aromatic nitrogens is 5. The molecule has 164 valence electrons. The summed E-state index contributed by atoms with van der Waals surface area (Å²) in [4.78, 5) is 23.8. The number of anilines is 2. The predicted molar refractivity (Wildman–Crippen MR) is 124 cm³/mol. The van der Waals surface area contributed by atoms with Gasteiger partial charge in [-0.15, -0.1) is 0 Å². The van der Waals surface area contributed by atoms with Gasteiger partial charge in [0.1, 0.15) is 17.3 Å². The van der Waals surface area contributed by atoms with Crippen molar-refractivity contribution in [1.82, 2.24) is 24.9 Å². The van der Waals surface area contributed by atoms with Gasteiger partial charge in [0, 0.05) is 37.8 Å². The molecular weight excluding hydrogens is 421 g/mol. The first-order valence-corrected chi connectivity index (χ1v) is 11.0. The van der Waals surface area contributed by atoms with Gasteiger partial charge in [0.15, 0.2) is 5.75 Å². The highest BCUT2D eigenvalue weighted by Gasteiger charge is 2.46. The number of pyridine rings is 2. The van der Waals surface area contributed by atoms with Gasteiger partial charge in [0.05, 0.1) is 33.8 Å². The van der Waals surface area contributed by atoms with E-state index >= 15 is 0 Å². The Labute approximate surface area is 187 Å². The van der Waals surface area contributed by atoms with Gasteiger partial charge in [-0.05, 0) is 42.5 Å². The second-order valence-electron chi connectivity index (χ2n) is 8.78. The lowest BCUT2D eigenvalue weighted by molar-refractivity contribution is 0.442. The van der Waals surface area contributed by atoms with Crippen molar-refractivity contribution >= 4 is 44.5 Å². The van der Waals surface area contributed by atoms with E-state index in [4.69, 9.17) is 9.72 Å². The van der Waals surface area contributed by atoms with Gasteiger partial charge in [-0.2, -0.15) is 9.97 Å². The van der Waals surface area contributed by atoms with Crippen LogP contribution in [0.3, 0.4) is 0 Å². The maximum atomic E-state index is 14.4. The van der Waals surface area contributed by atoms with Crippen LogP contribution < -0.4 is 15.0 Å². The third kappa shape index (κ3) is 2.95. The summed E-state index contributed by atoms with van der Waals surface area (Å²) in [5.74, 6) is 2.40. The Morgan fingerprint density at radius 3 is 2.85 bits per heavy atom. The minimum Gasteiger partial charge on any atom is -0.422 e. The van der Waals surface area contributed by atoms with E-state index in [1.807, 2.05) is 18.2 Å². The van der Waals surface area contributed by atoms with Crippen molar-refractivity contribution < 1.29 is 9.13 Å². The molecule has 2 fully saturated rings. The Morgan fingerprint density at radius 2 is 2.00 bits per heavy atom. The Hall–Kier alpha value is -4.01. The van der Waals surface area contributed by atoms with Crippen molar-refractivity contribution in [3.63, 3.8) is 0 Å². The predicted octanol–water partition coefficient (Wildman–Crippen LogP) is 4.48. The van der Waals surface area contributed by atoms with Crippen molar-refractivity contribution in [2.75, 3.05) is 30.4 Å². The summed E-state index contributed by atoms with van der Waals surface area (Å²) in [7, 11) is 1.77. The molecular formula is C24H20FN7O. The normalized spacial score (nSPS) is 19.4. The van der Waals surface area contributed by atoms with Crippen LogP contribution in [0.25, 0.3) is 33.0 Å². The standard InChI is InChI=1S/C24H20FN7O/c1-26-19-7-14(25)6-16-20-22(29-21(16)19)30-24(31-23(20)32-10-12-5-13(12)11-32)33-15-8-18-17(28-9-15)3-2-4-27-18/h2-4,6-9,12-13,26H,5,10-11H2,1H3,(H,29,30,31). The number of benzene rings is 1. The summed E-state index contributed by atoms with van der Waals surface area (Å²) in [6, 6.07) is 8.79. The number of hydrogen-bond acceptors (Lipinski definition) is 7. The van der Waals surface area contributed by atoms with Crippen molar-refractivity contribution in [1.29, 1.82) is 0 Å². The molecule has 1 aliphatic carbocycles. The molecule has 1 saturated carbocycles. The van der Waals surface area contributed by atoms with Gasteiger partial charge in [-0.1, -0.05) is 0 Å². The zero-order valence-corrected chi connectivity index (χ0v) is 17.8. The van der Waals surface area contributed by atoms with Gasteiger partial charge in [0.25, 0.3) is 0 Å². The number of halogens is 1. The van der Waals surface area contributed by atoms with E-state index in [0.717, 1.165) is 46.2 Å². The number of ether oxygens (including phenoxy) is 1. The van der Waals surface area contributed by atoms with Gasteiger partial charge in [0.2, 0.25) is 0 Å². The number of nitrogens with zero attached hydrogens (tertiary/aromatic N) is 5. The molecule has 2 N–H and O–H groups in total. The van der Waals surface area contributed by atoms with Crippen LogP contribution in [0.5, 0.6) is 11.8 Å². The number of aromatic amines is 1. The average molecular weight is 441 g/mol. The smallest absolute Gasteiger partial charge is 0.326 e. The fourth-order valence-corrected chi connectivity index (χ4v) is 4.96. The summed E-state index contributed by atoms with van der Waals surface area (Å²) < 4.78 is 20.5. The van der Waals surface area contributed by atoms with Crippen LogP contribution in [0.4, 0.5) is 15.9 Å². The molecule has 5 aromatic rings. The summed E-state index contributed by atoms with van der Waals surface area (Å²) in [5.41, 5.74) is 3.60. The molecule has 0 spiro atoms. The lowest BCUT2D eigenvalue weighted by Gasteiger charge is -2.20. The first-order chi connectivity index (χ1) is 16.2. The first kappa shape index (κ1) is 18.6. The van der Waals surface area contributed by atoms with Crippen molar-refractivity contribution in [2.24, 2.45) is 11.8 Å². The topological polar surface area (TPSA) is 91.8 Å². The fourth-order valence-electron chi connectivity index (χ4n) is 4.96. The van der Waals surface area contributed by atoms with Crippen molar-refractivity contribution in [3.8, 4) is 11.8 Å². The highest BCUT2D eigenvalue weighted by Crippen LogP contribution is 2.48. The second kappa shape index (κ2) is 6.74. The molecule has 0 radical (unpaired) electrons. The quantitative estimate of drug-likeness (QED) is 0.425. The first-order valence-electron chi connectivity index (χ1n) is 11.0. The van der Waals surface area contributed by atoms with Crippen LogP contribution in [0.2, 0.25) is 0 Å². The van der Waals surface area contributed by atoms with E-state index in [9.17, 15) is 4.39 Å². The third-order valence-corrected chi connectivity index (χ3v) is 6.67. The van der Waals surface area contributed by atoms with Crippen molar-refractivity contribution in [2.45, 2.75) is 6.42 Å². The maximum Gasteiger partial charge on any atom is 0.326 e. The minimum atomic E-state index is -0.307. The molecule has 0 amide bonds. The molecule has 5 heterocycles. The lowest BCUT2D eigenvalue weighted by Crippen LogP contribution is -2.23. The summed E-state index contributed by atoms with van der Waals surface area (Å²) in [6.07, 6.45) is 4.63. The molecule has 1 saturated heterocycles. The summed E-state index contributed by atoms with van der Waals surface area (Å²) in [5, 5.41) is 4.64. The Morgan fingerprint density at radius 1 is 1.12 bits per heavy atom. The largest absolute Gasteiger partial charge is 0.422 e. The number of fused-ring (bicyclic) bond motifs is 5. The minimum absolute atomic E-state index is 0.216. The molecule has 8 nitrogen and oxygen atoms in total. The summed E-state index contributed by atoms with van der Waals surface area (Å²) in [6.45, 7) is 1.89. The SMILES string of the molecule is CNc1cc(F)cc2c1[nH]c1nc(Oc3cnc4cccnc4c3)nc(N3CC4CC4C3)c12. The van der Waals surface area contributed by atoms with Gasteiger partial charge < -0.3 is 19.9 Å². The third-order valence-electron chi connectivity index (χ3n) is 6.67. The molecule has 7 rings (SSSR count). The van der Waals surface area contributed by atoms with Crippen LogP contribution >= 0.6 is 0 Å². The van der Waals surface area contributed by atoms with Crippen LogP contribution in [0, 0.1) is 17.7 Å². The van der Waals surface area contributed by atoms with E-state index in [0.29, 0.717) is 28.9 Å². The number of rotatable bonds is 4. The van der Waals surface area contributed by atoms with Crippen LogP contribution in [0.15, 0.2) is 42.7 Å². The Balaban J connectivity index is 1.40. The molecule has 1 aromatic carbocycles. The Kier molecular flexibility index (Phi) is 3.79. The molecule has 2 unspecified atom stereocenters. The molecule has 4 aromatic heterocycles. The van der Waals surface area contributed by atoms with E-state index in [1.165, 1.54) is 18.6 Å². The number of nitrogens with one attached hydrogen (secondary N) is 2. The summed E-state index contributed by atoms with van der Waals surface area (Å²) >= 11 is 0. The monoisotopic (exact) mass is 441 g/mol. The lowest BCUT2D eigenvalue weighted by atomic mass is 10.1. The van der Waals surface area contributed by atoms with Gasteiger partial charge in [-0.25, -0.2) is 4.39 Å². The van der Waals surface area contributed by atoms with E-state index in [-0.39, 0.29) is 11.8 Å². The zero-order valence-electron chi connectivity index (χ0n) is 17.8. The Bertz CT molecular complexity index is 1560. The maximum absolute atomic E-state index is 14.4. The number of H-pyrrole nitrogens is 1. The average Bonchev–Trinajstić information content (AvgIpc) is 3.26. The van der Waals surface area contributed by atoms with Gasteiger partial charge in [-0.3, -0.25) is 9.97 Å². The highest BCUT2D eigenvalue weighted by atomic mass is 19.1. The van der Waals surface area contributed by atoms with Crippen LogP contribution in [-0.4, -0.2) is 45.1 Å². The van der Waals surface area contributed by atoms with Gasteiger partial charge >= 0.3 is 6.01 Å². The van der Waals surface area contributed by atoms with E-state index in [2.05, 4.69) is 30.2 Å². The number of hydrogen-bond donors (Lipinski definition) is 2. The second-order valence-corrected chi connectivity index (χ2v) is 8.78. The molecule has 33 heavy (non-hydrogen) atoms. The van der Waals surface area contributed by atoms with Crippen LogP contribution in [0.1, 0.15) is 6.42 Å². The molecule has 2 atom stereocenters. The molecule has 1 aliphatic heterocycles. The molecule has 9 heteroatoms. The zero-order chi connectivity index (χ0) is 22.1. The number of piperidine rings is 1. The van der Waals surface area contributed by atoms with E-state index in [1.54, 1.807) is 19.4 Å². The van der Waals surface area contributed by atoms with E-state index < -0.39 is 0 Å². The van der Waals surface area contributed by atoms with Crippen molar-refractivity contribution in [3.05, 3.63) is 48.5 Å². The fraction of sp³-hybridized carbons (Fsp3) is 0.250.